The predicted octanol–water partition coefficient (Wildman–Crippen LogP) is 6.34. The Morgan fingerprint density at radius 2 is 0.917 bits per heavy atom. The van der Waals surface area contributed by atoms with E-state index >= 15 is 0 Å². The summed E-state index contributed by atoms with van der Waals surface area (Å²) in [6.45, 7) is 2.90. The van der Waals surface area contributed by atoms with Crippen molar-refractivity contribution in [3.63, 3.8) is 0 Å². The molecule has 36 heavy (non-hydrogen) atoms. The van der Waals surface area contributed by atoms with Gasteiger partial charge in [-0.25, -0.2) is 0 Å². The van der Waals surface area contributed by atoms with Crippen molar-refractivity contribution in [2.45, 2.75) is 25.0 Å². The van der Waals surface area contributed by atoms with Gasteiger partial charge in [-0.15, -0.1) is 0 Å². The van der Waals surface area contributed by atoms with Crippen LogP contribution in [-0.4, -0.2) is 38.6 Å². The second-order valence-electron chi connectivity index (χ2n) is 9.83. The third-order valence-electron chi connectivity index (χ3n) is 7.22. The quantitative estimate of drug-likeness (QED) is 0.278. The van der Waals surface area contributed by atoms with E-state index in [1.54, 1.807) is 0 Å². The van der Waals surface area contributed by atoms with Gasteiger partial charge < -0.3 is 18.9 Å². The minimum absolute atomic E-state index is 0.275. The van der Waals surface area contributed by atoms with Crippen LogP contribution in [0.1, 0.15) is 11.1 Å². The molecule has 2 fully saturated rings. The van der Waals surface area contributed by atoms with Crippen LogP contribution < -0.4 is 9.47 Å². The van der Waals surface area contributed by atoms with E-state index in [2.05, 4.69) is 60.7 Å². The van der Waals surface area contributed by atoms with Crippen molar-refractivity contribution in [1.82, 2.24) is 0 Å². The second kappa shape index (κ2) is 9.12. The van der Waals surface area contributed by atoms with Gasteiger partial charge in [-0.05, 0) is 81.6 Å². The highest BCUT2D eigenvalue weighted by molar-refractivity contribution is 5.80. The molecule has 0 N–H and O–H groups in total. The first kappa shape index (κ1) is 21.7. The Morgan fingerprint density at radius 1 is 0.528 bits per heavy atom. The van der Waals surface area contributed by atoms with Crippen LogP contribution in [0.15, 0.2) is 84.9 Å². The van der Waals surface area contributed by atoms with Crippen LogP contribution in [0.3, 0.4) is 0 Å². The highest BCUT2D eigenvalue weighted by atomic mass is 16.6. The third-order valence-corrected chi connectivity index (χ3v) is 7.22. The maximum absolute atomic E-state index is 5.78. The van der Waals surface area contributed by atoms with E-state index in [-0.39, 0.29) is 12.2 Å². The van der Waals surface area contributed by atoms with Crippen molar-refractivity contribution in [1.29, 1.82) is 0 Å². The van der Waals surface area contributed by atoms with Gasteiger partial charge in [0, 0.05) is 0 Å². The lowest BCUT2D eigenvalue weighted by Crippen LogP contribution is -2.05. The monoisotopic (exact) mass is 476 g/mol. The smallest absolute Gasteiger partial charge is 0.119 e. The Hall–Kier alpha value is -3.60. The molecule has 7 rings (SSSR count). The van der Waals surface area contributed by atoms with Gasteiger partial charge in [0.15, 0.2) is 0 Å². The molecule has 0 unspecified atom stereocenters. The Bertz CT molecular complexity index is 1270. The molecule has 4 aromatic rings. The predicted molar refractivity (Wildman–Crippen MR) is 141 cm³/mol. The summed E-state index contributed by atoms with van der Waals surface area (Å²) >= 11 is 0. The van der Waals surface area contributed by atoms with Gasteiger partial charge in [-0.2, -0.15) is 0 Å². The number of ether oxygens (including phenoxy) is 4. The zero-order valence-corrected chi connectivity index (χ0v) is 20.1. The number of aryl methyl sites for hydroxylation is 2. The second-order valence-corrected chi connectivity index (χ2v) is 9.83. The lowest BCUT2D eigenvalue weighted by Gasteiger charge is -2.22. The molecular formula is C32H28O4. The average molecular weight is 477 g/mol. The fraction of sp³-hybridized carbons (Fsp3) is 0.250. The standard InChI is InChI=1S/C32H28O4/c1-2-26-16-24(22-5-11-28(12-6-22)34-18-30-20-36-30)8-14-32(26)31-13-7-23(15-25(1)31)21-3-9-27(10-4-21)33-17-29-19-35-29/h3-16,29-30H,1-2,17-20H2/t29-,30-/m0/s1. The van der Waals surface area contributed by atoms with Gasteiger partial charge in [-0.1, -0.05) is 60.7 Å². The Kier molecular flexibility index (Phi) is 5.49. The van der Waals surface area contributed by atoms with Gasteiger partial charge in [0.25, 0.3) is 0 Å². The molecule has 2 saturated heterocycles. The maximum Gasteiger partial charge on any atom is 0.119 e. The highest BCUT2D eigenvalue weighted by Gasteiger charge is 2.24. The molecule has 0 bridgehead atoms. The van der Waals surface area contributed by atoms with Crippen LogP contribution in [0, 0.1) is 0 Å². The van der Waals surface area contributed by atoms with Crippen molar-refractivity contribution in [3.05, 3.63) is 96.1 Å². The zero-order chi connectivity index (χ0) is 23.9. The normalized spacial score (nSPS) is 19.2. The van der Waals surface area contributed by atoms with Gasteiger partial charge >= 0.3 is 0 Å². The maximum atomic E-state index is 5.78. The summed E-state index contributed by atoms with van der Waals surface area (Å²) in [5, 5.41) is 0. The van der Waals surface area contributed by atoms with Gasteiger partial charge in [-0.3, -0.25) is 0 Å². The van der Waals surface area contributed by atoms with Crippen molar-refractivity contribution in [3.8, 4) is 44.9 Å². The van der Waals surface area contributed by atoms with Crippen LogP contribution >= 0.6 is 0 Å². The molecule has 0 amide bonds. The molecule has 180 valence electrons. The first-order chi connectivity index (χ1) is 17.8. The average Bonchev–Trinajstić information content (AvgIpc) is 3.86. The molecule has 0 aromatic heterocycles. The zero-order valence-electron chi connectivity index (χ0n) is 20.1. The summed E-state index contributed by atoms with van der Waals surface area (Å²) in [5.41, 5.74) is 10.5. The summed E-state index contributed by atoms with van der Waals surface area (Å²) in [4.78, 5) is 0. The number of rotatable bonds is 8. The first-order valence-electron chi connectivity index (χ1n) is 12.7. The first-order valence-corrected chi connectivity index (χ1v) is 12.7. The molecule has 4 heteroatoms. The van der Waals surface area contributed by atoms with E-state index in [4.69, 9.17) is 18.9 Å². The summed E-state index contributed by atoms with van der Waals surface area (Å²) < 4.78 is 22.0. The molecule has 2 atom stereocenters. The number of hydrogen-bond acceptors (Lipinski definition) is 4. The summed E-state index contributed by atoms with van der Waals surface area (Å²) in [7, 11) is 0. The number of fused-ring (bicyclic) bond motifs is 3. The fourth-order valence-corrected chi connectivity index (χ4v) is 4.95. The minimum Gasteiger partial charge on any atom is -0.491 e. The number of epoxide rings is 2. The topological polar surface area (TPSA) is 43.5 Å². The van der Waals surface area contributed by atoms with E-state index in [0.29, 0.717) is 13.2 Å². The van der Waals surface area contributed by atoms with Crippen LogP contribution in [0.2, 0.25) is 0 Å². The largest absolute Gasteiger partial charge is 0.491 e. The Balaban J connectivity index is 1.08. The lowest BCUT2D eigenvalue weighted by atomic mass is 9.83. The summed E-state index contributed by atoms with van der Waals surface area (Å²) in [5.74, 6) is 1.79. The molecule has 1 aliphatic carbocycles. The van der Waals surface area contributed by atoms with Crippen LogP contribution in [-0.2, 0) is 22.3 Å². The molecule has 4 nitrogen and oxygen atoms in total. The van der Waals surface area contributed by atoms with Gasteiger partial charge in [0.1, 0.15) is 36.9 Å². The van der Waals surface area contributed by atoms with E-state index in [9.17, 15) is 0 Å². The molecular weight excluding hydrogens is 448 g/mol. The summed E-state index contributed by atoms with van der Waals surface area (Å²) in [6, 6.07) is 30.5. The number of hydrogen-bond donors (Lipinski definition) is 0. The van der Waals surface area contributed by atoms with Gasteiger partial charge in [0.05, 0.1) is 13.2 Å². The SMILES string of the molecule is c1cc(-c2ccc3c(c2)CCc2cc(-c4ccc(OC[C@H]5CO5)cc4)ccc2-3)ccc1OC[C@H]1CO1. The highest BCUT2D eigenvalue weighted by Crippen LogP contribution is 2.38. The van der Waals surface area contributed by atoms with Gasteiger partial charge in [0.2, 0.25) is 0 Å². The molecule has 2 aliphatic heterocycles. The molecule has 2 heterocycles. The van der Waals surface area contributed by atoms with Crippen molar-refractivity contribution in [2.24, 2.45) is 0 Å². The Morgan fingerprint density at radius 3 is 1.31 bits per heavy atom. The van der Waals surface area contributed by atoms with Crippen LogP contribution in [0.25, 0.3) is 33.4 Å². The van der Waals surface area contributed by atoms with Crippen molar-refractivity contribution < 1.29 is 18.9 Å². The van der Waals surface area contributed by atoms with Crippen LogP contribution in [0.4, 0.5) is 0 Å². The third kappa shape index (κ3) is 4.62. The fourth-order valence-electron chi connectivity index (χ4n) is 4.95. The summed E-state index contributed by atoms with van der Waals surface area (Å²) in [6.07, 6.45) is 2.66. The van der Waals surface area contributed by atoms with E-state index in [1.165, 1.54) is 44.5 Å². The molecule has 3 aliphatic rings. The van der Waals surface area contributed by atoms with E-state index < -0.39 is 0 Å². The van der Waals surface area contributed by atoms with Crippen molar-refractivity contribution >= 4 is 0 Å². The van der Waals surface area contributed by atoms with Crippen molar-refractivity contribution in [2.75, 3.05) is 26.4 Å². The van der Waals surface area contributed by atoms with E-state index in [1.807, 2.05) is 24.3 Å². The number of benzene rings is 4. The van der Waals surface area contributed by atoms with E-state index in [0.717, 1.165) is 37.6 Å². The minimum atomic E-state index is 0.275. The Labute approximate surface area is 211 Å². The molecule has 0 spiro atoms. The lowest BCUT2D eigenvalue weighted by molar-refractivity contribution is 0.263. The molecule has 0 saturated carbocycles. The molecule has 4 aromatic carbocycles. The molecule has 0 radical (unpaired) electrons. The van der Waals surface area contributed by atoms with Crippen LogP contribution in [0.5, 0.6) is 11.5 Å².